The summed E-state index contributed by atoms with van der Waals surface area (Å²) < 4.78 is 33.4. The number of sulfonamides is 1. The van der Waals surface area contributed by atoms with Crippen LogP contribution in [0.25, 0.3) is 10.4 Å². The Morgan fingerprint density at radius 1 is 1.10 bits per heavy atom. The number of fused-ring (bicyclic) bond motifs is 1. The molecule has 9 heteroatoms. The van der Waals surface area contributed by atoms with Crippen LogP contribution in [-0.4, -0.2) is 33.9 Å². The van der Waals surface area contributed by atoms with E-state index >= 15 is 0 Å². The minimum atomic E-state index is -4.14. The third kappa shape index (κ3) is 3.57. The highest BCUT2D eigenvalue weighted by Crippen LogP contribution is 2.39. The van der Waals surface area contributed by atoms with E-state index in [0.717, 1.165) is 16.9 Å². The number of methoxy groups -OCH3 is 1. The second-order valence-corrected chi connectivity index (χ2v) is 9.44. The minimum Gasteiger partial charge on any atom is -0.465 e. The number of nitrogens with zero attached hydrogens (tertiary/aromatic N) is 1. The van der Waals surface area contributed by atoms with Crippen molar-refractivity contribution in [2.75, 3.05) is 23.3 Å². The summed E-state index contributed by atoms with van der Waals surface area (Å²) in [7, 11) is -2.93. The molecule has 2 aromatic carbocycles. The third-order valence-electron chi connectivity index (χ3n) is 4.68. The first-order valence-electron chi connectivity index (χ1n) is 9.11. The molecule has 1 N–H and O–H groups in total. The molecule has 0 fully saturated rings. The summed E-state index contributed by atoms with van der Waals surface area (Å²) in [5, 5.41) is 2.72. The molecule has 2 heterocycles. The lowest BCUT2D eigenvalue weighted by molar-refractivity contribution is -0.115. The first-order chi connectivity index (χ1) is 14.4. The molecular formula is C21H18N2O5S2. The number of esters is 1. The lowest BCUT2D eigenvalue weighted by Gasteiger charge is -2.23. The fourth-order valence-electron chi connectivity index (χ4n) is 3.25. The predicted octanol–water partition coefficient (Wildman–Crippen LogP) is 3.74. The predicted molar refractivity (Wildman–Crippen MR) is 115 cm³/mol. The van der Waals surface area contributed by atoms with E-state index in [4.69, 9.17) is 4.74 Å². The number of thiophene rings is 1. The Kier molecular flexibility index (Phi) is 5.31. The van der Waals surface area contributed by atoms with Gasteiger partial charge in [0.05, 0.1) is 18.5 Å². The molecule has 30 heavy (non-hydrogen) atoms. The van der Waals surface area contributed by atoms with E-state index in [0.29, 0.717) is 16.3 Å². The van der Waals surface area contributed by atoms with E-state index in [1.165, 1.54) is 17.5 Å². The zero-order valence-electron chi connectivity index (χ0n) is 16.0. The van der Waals surface area contributed by atoms with E-state index in [9.17, 15) is 18.0 Å². The van der Waals surface area contributed by atoms with Crippen molar-refractivity contribution in [3.05, 3.63) is 65.5 Å². The Morgan fingerprint density at radius 3 is 2.53 bits per heavy atom. The zero-order chi connectivity index (χ0) is 21.3. The van der Waals surface area contributed by atoms with Crippen molar-refractivity contribution in [3.63, 3.8) is 0 Å². The van der Waals surface area contributed by atoms with E-state index in [1.807, 2.05) is 30.3 Å². The molecule has 0 saturated carbocycles. The van der Waals surface area contributed by atoms with Gasteiger partial charge in [-0.3, -0.25) is 9.10 Å². The second kappa shape index (κ2) is 7.92. The summed E-state index contributed by atoms with van der Waals surface area (Å²) in [4.78, 5) is 25.0. The van der Waals surface area contributed by atoms with Crippen LogP contribution in [0.15, 0.2) is 65.6 Å². The molecule has 0 radical (unpaired) electrons. The van der Waals surface area contributed by atoms with Crippen LogP contribution in [0, 0.1) is 0 Å². The molecule has 1 amide bonds. The highest BCUT2D eigenvalue weighted by Gasteiger charge is 2.35. The van der Waals surface area contributed by atoms with Gasteiger partial charge in [-0.2, -0.15) is 0 Å². The van der Waals surface area contributed by atoms with Gasteiger partial charge in [0.1, 0.15) is 9.77 Å². The van der Waals surface area contributed by atoms with Crippen LogP contribution in [0.4, 0.5) is 11.4 Å². The van der Waals surface area contributed by atoms with Crippen LogP contribution in [0.5, 0.6) is 0 Å². The molecule has 0 atom stereocenters. The van der Waals surface area contributed by atoms with Crippen LogP contribution in [0.2, 0.25) is 0 Å². The Balaban J connectivity index is 1.88. The van der Waals surface area contributed by atoms with Gasteiger partial charge < -0.3 is 10.1 Å². The smallest absolute Gasteiger partial charge is 0.349 e. The number of hydrogen-bond donors (Lipinski definition) is 1. The summed E-state index contributed by atoms with van der Waals surface area (Å²) in [6.07, 6.45) is -0.00283. The molecule has 154 valence electrons. The summed E-state index contributed by atoms with van der Waals surface area (Å²) in [5.74, 6) is -0.998. The Morgan fingerprint density at radius 2 is 1.80 bits per heavy atom. The number of para-hydroxylation sites is 2. The quantitative estimate of drug-likeness (QED) is 0.622. The maximum atomic E-state index is 13.7. The average molecular weight is 443 g/mol. The Hall–Kier alpha value is -3.17. The number of amides is 1. The summed E-state index contributed by atoms with van der Waals surface area (Å²) in [6, 6.07) is 17.4. The number of hydrogen-bond acceptors (Lipinski definition) is 6. The molecule has 0 aliphatic carbocycles. The third-order valence-corrected chi connectivity index (χ3v) is 7.81. The molecule has 7 nitrogen and oxygen atoms in total. The number of ether oxygens (including phenoxy) is 1. The molecule has 0 spiro atoms. The van der Waals surface area contributed by atoms with Gasteiger partial charge in [0, 0.05) is 17.8 Å². The molecular weight excluding hydrogens is 424 g/mol. The minimum absolute atomic E-state index is 0.00244. The summed E-state index contributed by atoms with van der Waals surface area (Å²) in [6.45, 7) is -0.0394. The van der Waals surface area contributed by atoms with E-state index in [1.54, 1.807) is 24.3 Å². The molecule has 3 aromatic rings. The fourth-order valence-corrected chi connectivity index (χ4v) is 6.31. The van der Waals surface area contributed by atoms with Gasteiger partial charge >= 0.3 is 5.97 Å². The Bertz CT molecular complexity index is 1220. The first kappa shape index (κ1) is 20.1. The monoisotopic (exact) mass is 442 g/mol. The van der Waals surface area contributed by atoms with Crippen molar-refractivity contribution in [2.45, 2.75) is 11.3 Å². The van der Waals surface area contributed by atoms with Crippen molar-refractivity contribution in [3.8, 4) is 10.4 Å². The molecule has 0 bridgehead atoms. The van der Waals surface area contributed by atoms with Crippen LogP contribution in [-0.2, 0) is 19.6 Å². The van der Waals surface area contributed by atoms with Crippen molar-refractivity contribution in [1.29, 1.82) is 0 Å². The van der Waals surface area contributed by atoms with Gasteiger partial charge in [-0.15, -0.1) is 11.3 Å². The summed E-state index contributed by atoms with van der Waals surface area (Å²) >= 11 is 1.06. The lowest BCUT2D eigenvalue weighted by Crippen LogP contribution is -2.32. The van der Waals surface area contributed by atoms with Crippen molar-refractivity contribution < 1.29 is 22.7 Å². The SMILES string of the molecule is COC(=O)c1sc(-c2ccccc2)cc1S(=O)(=O)N1CCC(=O)Nc2ccccc21. The number of carbonyl (C=O) groups excluding carboxylic acids is 2. The van der Waals surface area contributed by atoms with E-state index in [2.05, 4.69) is 5.32 Å². The standard InChI is InChI=1S/C21H18N2O5S2/c1-28-21(25)20-18(13-17(29-20)14-7-3-2-4-8-14)30(26,27)23-12-11-19(24)22-15-9-5-6-10-16(15)23/h2-10,13H,11-12H2,1H3,(H,22,24). The lowest BCUT2D eigenvalue weighted by atomic mass is 10.2. The highest BCUT2D eigenvalue weighted by molar-refractivity contribution is 7.93. The molecule has 4 rings (SSSR count). The highest BCUT2D eigenvalue weighted by atomic mass is 32.2. The van der Waals surface area contributed by atoms with Gasteiger partial charge in [-0.1, -0.05) is 42.5 Å². The van der Waals surface area contributed by atoms with Gasteiger partial charge in [0.25, 0.3) is 10.0 Å². The maximum Gasteiger partial charge on any atom is 0.349 e. The average Bonchev–Trinajstić information content (AvgIpc) is 3.13. The molecule has 1 aliphatic rings. The topological polar surface area (TPSA) is 92.8 Å². The number of carbonyl (C=O) groups is 2. The van der Waals surface area contributed by atoms with Crippen LogP contribution >= 0.6 is 11.3 Å². The summed E-state index contributed by atoms with van der Waals surface area (Å²) in [5.41, 5.74) is 1.55. The van der Waals surface area contributed by atoms with Gasteiger partial charge in [-0.25, -0.2) is 13.2 Å². The molecule has 0 saturated heterocycles. The number of benzene rings is 2. The van der Waals surface area contributed by atoms with E-state index in [-0.39, 0.29) is 28.6 Å². The molecule has 1 aromatic heterocycles. The molecule has 0 unspecified atom stereocenters. The van der Waals surface area contributed by atoms with Crippen molar-refractivity contribution >= 4 is 44.6 Å². The second-order valence-electron chi connectivity index (χ2n) is 6.55. The Labute approximate surface area is 178 Å². The number of nitrogens with one attached hydrogen (secondary N) is 1. The normalized spacial score (nSPS) is 13.9. The number of rotatable bonds is 4. The van der Waals surface area contributed by atoms with Crippen LogP contribution in [0.3, 0.4) is 0 Å². The first-order valence-corrected chi connectivity index (χ1v) is 11.4. The van der Waals surface area contributed by atoms with Gasteiger partial charge in [0.15, 0.2) is 0 Å². The van der Waals surface area contributed by atoms with Gasteiger partial charge in [0.2, 0.25) is 5.91 Å². The van der Waals surface area contributed by atoms with Crippen molar-refractivity contribution in [2.24, 2.45) is 0 Å². The van der Waals surface area contributed by atoms with Crippen LogP contribution in [0.1, 0.15) is 16.1 Å². The van der Waals surface area contributed by atoms with Gasteiger partial charge in [-0.05, 0) is 23.8 Å². The number of anilines is 2. The molecule has 1 aliphatic heterocycles. The maximum absolute atomic E-state index is 13.7. The van der Waals surface area contributed by atoms with E-state index < -0.39 is 16.0 Å². The largest absolute Gasteiger partial charge is 0.465 e. The van der Waals surface area contributed by atoms with Crippen molar-refractivity contribution in [1.82, 2.24) is 0 Å². The van der Waals surface area contributed by atoms with Crippen LogP contribution < -0.4 is 9.62 Å². The fraction of sp³-hybridized carbons (Fsp3) is 0.143. The zero-order valence-corrected chi connectivity index (χ0v) is 17.6.